The topological polar surface area (TPSA) is 72.0 Å². The Morgan fingerprint density at radius 3 is 2.30 bits per heavy atom. The number of aromatic nitrogens is 1. The average Bonchev–Trinajstić information content (AvgIpc) is 3.06. The molecule has 0 spiro atoms. The van der Waals surface area contributed by atoms with Crippen LogP contribution in [0, 0.1) is 0 Å². The average molecular weight is 382 g/mol. The van der Waals surface area contributed by atoms with Crippen LogP contribution < -0.4 is 14.6 Å². The maximum absolute atomic E-state index is 8.89. The second kappa shape index (κ2) is 10.2. The number of anilines is 1. The Bertz CT molecular complexity index is 873. The fraction of sp³-hybridized carbons (Fsp3) is 0.200. The van der Waals surface area contributed by atoms with Crippen LogP contribution >= 0.6 is 11.3 Å². The first-order chi connectivity index (χ1) is 13.0. The van der Waals surface area contributed by atoms with E-state index in [1.807, 2.05) is 41.4 Å². The zero-order valence-corrected chi connectivity index (χ0v) is 16.4. The van der Waals surface area contributed by atoms with Crippen molar-refractivity contribution < 1.29 is 14.5 Å². The number of carboxylic acids is 1. The van der Waals surface area contributed by atoms with Crippen molar-refractivity contribution in [1.82, 2.24) is 0 Å². The summed E-state index contributed by atoms with van der Waals surface area (Å²) in [5.41, 5.74) is 3.31. The van der Waals surface area contributed by atoms with Crippen molar-refractivity contribution in [3.63, 3.8) is 0 Å². The quantitative estimate of drug-likeness (QED) is 0.502. The van der Waals surface area contributed by atoms with Crippen LogP contribution in [0.15, 0.2) is 76.4 Å². The minimum atomic E-state index is -1.08. The lowest BCUT2D eigenvalue weighted by Crippen LogP contribution is -2.23. The van der Waals surface area contributed by atoms with Crippen molar-refractivity contribution in [2.75, 3.05) is 11.9 Å². The van der Waals surface area contributed by atoms with Gasteiger partial charge in [0, 0.05) is 30.6 Å². The number of carbonyl (C=O) groups is 1. The number of benzene rings is 2. The first kappa shape index (κ1) is 20.3. The number of azo groups is 1. The maximum Gasteiger partial charge on any atom is 0.408 e. The molecule has 2 aromatic carbocycles. The molecule has 1 aromatic heterocycles. The molecular weight excluding hydrogens is 360 g/mol. The van der Waals surface area contributed by atoms with Gasteiger partial charge in [-0.15, -0.1) is 0 Å². The Morgan fingerprint density at radius 1 is 1.11 bits per heavy atom. The molecule has 0 aliphatic rings. The molecule has 3 aromatic rings. The van der Waals surface area contributed by atoms with E-state index < -0.39 is 5.97 Å². The standard InChI is InChI=1S/C18H19N4S.C2H4O2/c1-21-12-13-23-18(21)20-19-16-8-10-17(11-9-16)22(2)14-15-6-4-3-5-7-15;1-2(3)4/h3-13H,14H2,1-2H3;1H3,(H,3,4)/q+1;/p-1. The Hall–Kier alpha value is -3.06. The van der Waals surface area contributed by atoms with Gasteiger partial charge in [-0.2, -0.15) is 0 Å². The number of thiazole rings is 1. The van der Waals surface area contributed by atoms with E-state index in [1.165, 1.54) is 5.56 Å². The highest BCUT2D eigenvalue weighted by atomic mass is 32.1. The summed E-state index contributed by atoms with van der Waals surface area (Å²) >= 11 is 1.57. The van der Waals surface area contributed by atoms with E-state index >= 15 is 0 Å². The van der Waals surface area contributed by atoms with Gasteiger partial charge in [0.05, 0.1) is 12.2 Å². The zero-order valence-electron chi connectivity index (χ0n) is 15.6. The van der Waals surface area contributed by atoms with Gasteiger partial charge in [-0.3, -0.25) is 0 Å². The highest BCUT2D eigenvalue weighted by Crippen LogP contribution is 2.22. The summed E-state index contributed by atoms with van der Waals surface area (Å²) in [5, 5.41) is 20.3. The van der Waals surface area contributed by atoms with E-state index in [0.29, 0.717) is 0 Å². The number of aryl methyl sites for hydroxylation is 1. The third-order valence-electron chi connectivity index (χ3n) is 3.56. The highest BCUT2D eigenvalue weighted by Gasteiger charge is 2.07. The Labute approximate surface area is 163 Å². The van der Waals surface area contributed by atoms with Crippen molar-refractivity contribution in [2.24, 2.45) is 17.3 Å². The second-order valence-electron chi connectivity index (χ2n) is 5.85. The second-order valence-corrected chi connectivity index (χ2v) is 6.72. The fourth-order valence-electron chi connectivity index (χ4n) is 2.25. The normalized spacial score (nSPS) is 10.3. The van der Waals surface area contributed by atoms with Crippen LogP contribution in [0.25, 0.3) is 0 Å². The molecule has 27 heavy (non-hydrogen) atoms. The number of hydrogen-bond donors (Lipinski definition) is 0. The van der Waals surface area contributed by atoms with Crippen molar-refractivity contribution in [3.8, 4) is 0 Å². The first-order valence-electron chi connectivity index (χ1n) is 8.33. The molecule has 0 N–H and O–H groups in total. The molecule has 6 nitrogen and oxygen atoms in total. The lowest BCUT2D eigenvalue weighted by molar-refractivity contribution is -0.654. The molecule has 3 rings (SSSR count). The van der Waals surface area contributed by atoms with E-state index in [2.05, 4.69) is 58.6 Å². The van der Waals surface area contributed by atoms with Crippen LogP contribution in [0.1, 0.15) is 12.5 Å². The number of rotatable bonds is 5. The third-order valence-corrected chi connectivity index (χ3v) is 4.40. The number of nitrogens with zero attached hydrogens (tertiary/aromatic N) is 4. The fourth-order valence-corrected chi connectivity index (χ4v) is 2.93. The Kier molecular flexibility index (Phi) is 7.63. The van der Waals surface area contributed by atoms with Crippen molar-refractivity contribution in [3.05, 3.63) is 71.7 Å². The molecular formula is C20H22N4O2S. The van der Waals surface area contributed by atoms with Crippen LogP contribution in [0.3, 0.4) is 0 Å². The van der Waals surface area contributed by atoms with Gasteiger partial charge < -0.3 is 14.8 Å². The van der Waals surface area contributed by atoms with Crippen LogP contribution in [0.4, 0.5) is 16.5 Å². The summed E-state index contributed by atoms with van der Waals surface area (Å²) in [6, 6.07) is 18.6. The zero-order chi connectivity index (χ0) is 19.6. The van der Waals surface area contributed by atoms with E-state index in [9.17, 15) is 0 Å². The summed E-state index contributed by atoms with van der Waals surface area (Å²) in [6.45, 7) is 1.85. The summed E-state index contributed by atoms with van der Waals surface area (Å²) in [7, 11) is 4.06. The summed E-state index contributed by atoms with van der Waals surface area (Å²) in [4.78, 5) is 11.1. The predicted molar refractivity (Wildman–Crippen MR) is 105 cm³/mol. The van der Waals surface area contributed by atoms with E-state index in [1.54, 1.807) is 11.3 Å². The van der Waals surface area contributed by atoms with E-state index in [0.717, 1.165) is 30.0 Å². The minimum Gasteiger partial charge on any atom is -0.550 e. The molecule has 0 aliphatic heterocycles. The molecule has 0 saturated heterocycles. The van der Waals surface area contributed by atoms with Gasteiger partial charge in [-0.1, -0.05) is 30.3 Å². The SMILES string of the molecule is CC(=O)[O-].CN(Cc1ccccc1)c1ccc(/N=N/c2scc[n+]2C)cc1. The largest absolute Gasteiger partial charge is 0.550 e. The van der Waals surface area contributed by atoms with Crippen LogP contribution in [-0.4, -0.2) is 13.0 Å². The molecule has 0 amide bonds. The number of carboxylic acid groups (broad SMARTS) is 1. The number of carbonyl (C=O) groups excluding carboxylic acids is 1. The predicted octanol–water partition coefficient (Wildman–Crippen LogP) is 3.38. The van der Waals surface area contributed by atoms with E-state index in [4.69, 9.17) is 9.90 Å². The molecule has 0 fully saturated rings. The molecule has 7 heteroatoms. The van der Waals surface area contributed by atoms with E-state index in [-0.39, 0.29) is 0 Å². The number of aliphatic carboxylic acids is 1. The van der Waals surface area contributed by atoms with Crippen molar-refractivity contribution in [1.29, 1.82) is 0 Å². The molecule has 0 unspecified atom stereocenters. The number of hydrogen-bond acceptors (Lipinski definition) is 6. The Morgan fingerprint density at radius 2 is 1.74 bits per heavy atom. The van der Waals surface area contributed by atoms with Crippen molar-refractivity contribution in [2.45, 2.75) is 13.5 Å². The van der Waals surface area contributed by atoms with Gasteiger partial charge >= 0.3 is 5.13 Å². The van der Waals surface area contributed by atoms with Gasteiger partial charge in [0.25, 0.3) is 0 Å². The van der Waals surface area contributed by atoms with Gasteiger partial charge in [-0.25, -0.2) is 4.57 Å². The lowest BCUT2D eigenvalue weighted by atomic mass is 10.2. The summed E-state index contributed by atoms with van der Waals surface area (Å²) in [5.74, 6) is -1.08. The molecule has 0 bridgehead atoms. The van der Waals surface area contributed by atoms with Crippen LogP contribution in [0.2, 0.25) is 0 Å². The van der Waals surface area contributed by atoms with Gasteiger partial charge in [-0.05, 0) is 53.2 Å². The molecule has 1 heterocycles. The summed E-state index contributed by atoms with van der Waals surface area (Å²) in [6.07, 6.45) is 1.97. The van der Waals surface area contributed by atoms with Gasteiger partial charge in [0.15, 0.2) is 0 Å². The highest BCUT2D eigenvalue weighted by molar-refractivity contribution is 7.12. The summed E-state index contributed by atoms with van der Waals surface area (Å²) < 4.78 is 1.95. The van der Waals surface area contributed by atoms with Crippen molar-refractivity contribution >= 4 is 33.8 Å². The van der Waals surface area contributed by atoms with Gasteiger partial charge in [0.2, 0.25) is 0 Å². The van der Waals surface area contributed by atoms with Gasteiger partial charge in [0.1, 0.15) is 11.9 Å². The molecule has 0 saturated carbocycles. The third kappa shape index (κ3) is 6.99. The Balaban J connectivity index is 0.000000596. The molecule has 140 valence electrons. The first-order valence-corrected chi connectivity index (χ1v) is 9.21. The minimum absolute atomic E-state index is 0.857. The monoisotopic (exact) mass is 382 g/mol. The molecule has 0 radical (unpaired) electrons. The lowest BCUT2D eigenvalue weighted by Gasteiger charge is -2.19. The van der Waals surface area contributed by atoms with Crippen LogP contribution in [0.5, 0.6) is 0 Å². The maximum atomic E-state index is 8.89. The smallest absolute Gasteiger partial charge is 0.408 e. The molecule has 0 aliphatic carbocycles. The van der Waals surface area contributed by atoms with Crippen LogP contribution in [-0.2, 0) is 18.4 Å². The molecule has 0 atom stereocenters.